The van der Waals surface area contributed by atoms with Crippen LogP contribution in [0.25, 0.3) is 0 Å². The second-order valence-electron chi connectivity index (χ2n) is 4.96. The van der Waals surface area contributed by atoms with Crippen LogP contribution in [0.1, 0.15) is 18.2 Å². The van der Waals surface area contributed by atoms with Gasteiger partial charge in [-0.25, -0.2) is 4.98 Å². The predicted molar refractivity (Wildman–Crippen MR) is 88.4 cm³/mol. The summed E-state index contributed by atoms with van der Waals surface area (Å²) in [6.45, 7) is 4.29. The first kappa shape index (κ1) is 16.3. The molecule has 1 heterocycles. The molecule has 1 aromatic heterocycles. The van der Waals surface area contributed by atoms with Crippen LogP contribution in [0, 0.1) is 18.3 Å². The predicted octanol–water partition coefficient (Wildman–Crippen LogP) is 2.71. The number of aromatic nitrogens is 1. The van der Waals surface area contributed by atoms with Crippen molar-refractivity contribution in [1.29, 1.82) is 5.26 Å². The van der Waals surface area contributed by atoms with Crippen LogP contribution in [-0.2, 0) is 4.79 Å². The molecule has 118 valence electrons. The quantitative estimate of drug-likeness (QED) is 0.801. The Hall–Kier alpha value is -3.07. The summed E-state index contributed by atoms with van der Waals surface area (Å²) < 4.78 is 5.62. The second kappa shape index (κ2) is 7.80. The van der Waals surface area contributed by atoms with Crippen molar-refractivity contribution in [2.45, 2.75) is 13.8 Å². The first-order valence-electron chi connectivity index (χ1n) is 7.20. The number of carbonyl (C=O) groups excluding carboxylic acids is 1. The van der Waals surface area contributed by atoms with E-state index in [0.717, 1.165) is 5.56 Å². The number of ether oxygens (including phenoxy) is 1. The molecule has 2 rings (SSSR count). The average Bonchev–Trinajstić information content (AvgIpc) is 2.52. The number of hydrogen-bond donors (Lipinski definition) is 2. The molecule has 0 fully saturated rings. The van der Waals surface area contributed by atoms with Gasteiger partial charge in [-0.05, 0) is 30.7 Å². The highest BCUT2D eigenvalue weighted by atomic mass is 16.5. The molecule has 0 aliphatic carbocycles. The number of benzene rings is 1. The van der Waals surface area contributed by atoms with Crippen molar-refractivity contribution in [3.63, 3.8) is 0 Å². The van der Waals surface area contributed by atoms with Crippen molar-refractivity contribution >= 4 is 17.4 Å². The van der Waals surface area contributed by atoms with Gasteiger partial charge in [0.2, 0.25) is 5.91 Å². The molecule has 0 bridgehead atoms. The summed E-state index contributed by atoms with van der Waals surface area (Å²) in [5, 5.41) is 14.8. The van der Waals surface area contributed by atoms with Gasteiger partial charge < -0.3 is 15.4 Å². The molecular formula is C17H18N4O2. The Morgan fingerprint density at radius 1 is 1.35 bits per heavy atom. The molecule has 6 heteroatoms. The fourth-order valence-electron chi connectivity index (χ4n) is 1.96. The third-order valence-corrected chi connectivity index (χ3v) is 3.03. The highest BCUT2D eigenvalue weighted by Gasteiger charge is 2.02. The highest BCUT2D eigenvalue weighted by molar-refractivity contribution is 5.88. The van der Waals surface area contributed by atoms with E-state index in [-0.39, 0.29) is 5.91 Å². The number of anilines is 2. The zero-order valence-corrected chi connectivity index (χ0v) is 13.1. The van der Waals surface area contributed by atoms with Gasteiger partial charge in [0.1, 0.15) is 29.9 Å². The maximum absolute atomic E-state index is 11.0. The van der Waals surface area contributed by atoms with Gasteiger partial charge in [-0.15, -0.1) is 0 Å². The van der Waals surface area contributed by atoms with Gasteiger partial charge in [-0.2, -0.15) is 5.26 Å². The van der Waals surface area contributed by atoms with Gasteiger partial charge in [-0.1, -0.05) is 12.1 Å². The summed E-state index contributed by atoms with van der Waals surface area (Å²) in [4.78, 5) is 15.2. The number of aryl methyl sites for hydroxylation is 1. The summed E-state index contributed by atoms with van der Waals surface area (Å²) in [5.74, 6) is 1.19. The van der Waals surface area contributed by atoms with Crippen LogP contribution in [0.5, 0.6) is 5.75 Å². The lowest BCUT2D eigenvalue weighted by molar-refractivity contribution is -0.114. The van der Waals surface area contributed by atoms with Gasteiger partial charge >= 0.3 is 0 Å². The van der Waals surface area contributed by atoms with Crippen LogP contribution in [0.2, 0.25) is 0 Å². The summed E-state index contributed by atoms with van der Waals surface area (Å²) >= 11 is 0. The number of carbonyl (C=O) groups is 1. The monoisotopic (exact) mass is 310 g/mol. The van der Waals surface area contributed by atoms with Gasteiger partial charge in [-0.3, -0.25) is 4.79 Å². The highest BCUT2D eigenvalue weighted by Crippen LogP contribution is 2.17. The van der Waals surface area contributed by atoms with Crippen molar-refractivity contribution in [1.82, 2.24) is 4.98 Å². The van der Waals surface area contributed by atoms with E-state index in [1.54, 1.807) is 12.1 Å². The lowest BCUT2D eigenvalue weighted by Crippen LogP contribution is -2.13. The molecule has 0 atom stereocenters. The van der Waals surface area contributed by atoms with E-state index in [1.807, 2.05) is 31.2 Å². The standard InChI is InChI=1S/C17H18N4O2/c1-12-6-7-17(21-16(12)11-18)19-8-9-23-15-5-3-4-14(10-15)20-13(2)22/h3-7,10H,8-9H2,1-2H3,(H,19,21)(H,20,22). The summed E-state index contributed by atoms with van der Waals surface area (Å²) in [6, 6.07) is 12.9. The minimum absolute atomic E-state index is 0.123. The first-order valence-corrected chi connectivity index (χ1v) is 7.20. The number of nitrogens with zero attached hydrogens (tertiary/aromatic N) is 2. The van der Waals surface area contributed by atoms with Gasteiger partial charge in [0, 0.05) is 18.7 Å². The fraction of sp³-hybridized carbons (Fsp3) is 0.235. The lowest BCUT2D eigenvalue weighted by Gasteiger charge is -2.10. The second-order valence-corrected chi connectivity index (χ2v) is 4.96. The molecule has 0 unspecified atom stereocenters. The van der Waals surface area contributed by atoms with Crippen molar-refractivity contribution in [2.75, 3.05) is 23.8 Å². The molecule has 0 saturated heterocycles. The molecule has 0 spiro atoms. The number of amides is 1. The van der Waals surface area contributed by atoms with E-state index < -0.39 is 0 Å². The van der Waals surface area contributed by atoms with E-state index in [1.165, 1.54) is 6.92 Å². The van der Waals surface area contributed by atoms with E-state index in [9.17, 15) is 4.79 Å². The Balaban J connectivity index is 1.84. The number of nitriles is 1. The third kappa shape index (κ3) is 5.00. The molecule has 0 radical (unpaired) electrons. The fourth-order valence-corrected chi connectivity index (χ4v) is 1.96. The number of pyridine rings is 1. The van der Waals surface area contributed by atoms with Crippen LogP contribution in [-0.4, -0.2) is 24.0 Å². The smallest absolute Gasteiger partial charge is 0.221 e. The first-order chi connectivity index (χ1) is 11.1. The Morgan fingerprint density at radius 2 is 2.17 bits per heavy atom. The average molecular weight is 310 g/mol. The van der Waals surface area contributed by atoms with Gasteiger partial charge in [0.05, 0.1) is 6.54 Å². The van der Waals surface area contributed by atoms with E-state index in [2.05, 4.69) is 21.7 Å². The Labute approximate surface area is 135 Å². The molecule has 0 saturated carbocycles. The van der Waals surface area contributed by atoms with E-state index in [0.29, 0.717) is 36.1 Å². The van der Waals surface area contributed by atoms with Gasteiger partial charge in [0.15, 0.2) is 0 Å². The van der Waals surface area contributed by atoms with Crippen LogP contribution < -0.4 is 15.4 Å². The van der Waals surface area contributed by atoms with Crippen molar-refractivity contribution in [3.05, 3.63) is 47.7 Å². The molecule has 0 aliphatic heterocycles. The minimum atomic E-state index is -0.123. The van der Waals surface area contributed by atoms with Crippen molar-refractivity contribution in [3.8, 4) is 11.8 Å². The molecule has 2 aromatic rings. The van der Waals surface area contributed by atoms with Crippen LogP contribution in [0.3, 0.4) is 0 Å². The summed E-state index contributed by atoms with van der Waals surface area (Å²) in [5.41, 5.74) is 1.96. The van der Waals surface area contributed by atoms with Crippen LogP contribution >= 0.6 is 0 Å². The number of nitrogens with one attached hydrogen (secondary N) is 2. The molecule has 0 aliphatic rings. The van der Waals surface area contributed by atoms with E-state index in [4.69, 9.17) is 10.00 Å². The molecule has 23 heavy (non-hydrogen) atoms. The summed E-state index contributed by atoms with van der Waals surface area (Å²) in [6.07, 6.45) is 0. The maximum atomic E-state index is 11.0. The Morgan fingerprint density at radius 3 is 2.91 bits per heavy atom. The largest absolute Gasteiger partial charge is 0.492 e. The zero-order valence-electron chi connectivity index (χ0n) is 13.1. The topological polar surface area (TPSA) is 87.0 Å². The lowest BCUT2D eigenvalue weighted by atomic mass is 10.2. The van der Waals surface area contributed by atoms with Crippen molar-refractivity contribution in [2.24, 2.45) is 0 Å². The molecule has 6 nitrogen and oxygen atoms in total. The van der Waals surface area contributed by atoms with Gasteiger partial charge in [0.25, 0.3) is 0 Å². The SMILES string of the molecule is CC(=O)Nc1cccc(OCCNc2ccc(C)c(C#N)n2)c1. The Kier molecular flexibility index (Phi) is 5.53. The van der Waals surface area contributed by atoms with Crippen LogP contribution in [0.4, 0.5) is 11.5 Å². The number of rotatable bonds is 6. The third-order valence-electron chi connectivity index (χ3n) is 3.03. The normalized spacial score (nSPS) is 9.78. The molecule has 2 N–H and O–H groups in total. The molecule has 1 aromatic carbocycles. The Bertz CT molecular complexity index is 738. The molecular weight excluding hydrogens is 292 g/mol. The van der Waals surface area contributed by atoms with E-state index >= 15 is 0 Å². The van der Waals surface area contributed by atoms with Crippen LogP contribution in [0.15, 0.2) is 36.4 Å². The summed E-state index contributed by atoms with van der Waals surface area (Å²) in [7, 11) is 0. The zero-order chi connectivity index (χ0) is 16.7. The minimum Gasteiger partial charge on any atom is -0.492 e. The number of hydrogen-bond acceptors (Lipinski definition) is 5. The molecule has 1 amide bonds. The van der Waals surface area contributed by atoms with Crippen molar-refractivity contribution < 1.29 is 9.53 Å². The maximum Gasteiger partial charge on any atom is 0.221 e.